The molecule has 8 heteroatoms. The molecule has 0 aromatic heterocycles. The van der Waals surface area contributed by atoms with Crippen LogP contribution >= 0.6 is 47.8 Å². The fraction of sp³-hybridized carbons (Fsp3) is 0.533. The highest BCUT2D eigenvalue weighted by Gasteiger charge is 2.30. The van der Waals surface area contributed by atoms with E-state index in [1.165, 1.54) is 0 Å². The van der Waals surface area contributed by atoms with Crippen LogP contribution in [0.25, 0.3) is 0 Å². The van der Waals surface area contributed by atoms with Gasteiger partial charge in [0.15, 0.2) is 11.5 Å². The van der Waals surface area contributed by atoms with Gasteiger partial charge in [-0.2, -0.15) is 0 Å². The molecule has 130 valence electrons. The van der Waals surface area contributed by atoms with Crippen molar-refractivity contribution in [3.8, 4) is 17.2 Å². The van der Waals surface area contributed by atoms with Crippen LogP contribution in [0, 0.1) is 0 Å². The van der Waals surface area contributed by atoms with Gasteiger partial charge in [-0.15, -0.1) is 0 Å². The second kappa shape index (κ2) is 9.74. The number of rotatable bonds is 8. The predicted molar refractivity (Wildman–Crippen MR) is 99.3 cm³/mol. The summed E-state index contributed by atoms with van der Waals surface area (Å²) in [5, 5.41) is 0. The molecule has 0 aliphatic heterocycles. The second-order valence-corrected chi connectivity index (χ2v) is 11.1. The van der Waals surface area contributed by atoms with E-state index in [0.29, 0.717) is 37.1 Å². The maximum absolute atomic E-state index is 11.8. The van der Waals surface area contributed by atoms with Gasteiger partial charge in [0.1, 0.15) is 6.61 Å². The Morgan fingerprint density at radius 3 is 1.83 bits per heavy atom. The van der Waals surface area contributed by atoms with Crippen molar-refractivity contribution in [3.63, 3.8) is 0 Å². The van der Waals surface area contributed by atoms with Gasteiger partial charge in [0.2, 0.25) is 7.89 Å². The Morgan fingerprint density at radius 2 is 1.43 bits per heavy atom. The van der Waals surface area contributed by atoms with Crippen LogP contribution in [-0.2, 0) is 16.1 Å². The van der Waals surface area contributed by atoms with Crippen molar-refractivity contribution in [2.75, 3.05) is 19.8 Å². The number of benzene rings is 1. The Kier molecular flexibility index (Phi) is 8.71. The van der Waals surface area contributed by atoms with Gasteiger partial charge in [0.05, 0.1) is 19.8 Å². The standard InChI is InChI=1S/C15H19Br3O5/c1-4-20-11-7-10(9-23-14(19)15(16,17)18)8-12(21-5-2)13(11)22-6-3/h7-8H,4-6,9H2,1-3H3. The summed E-state index contributed by atoms with van der Waals surface area (Å²) in [4.78, 5) is 11.8. The molecule has 0 atom stereocenters. The lowest BCUT2D eigenvalue weighted by Crippen LogP contribution is -2.20. The maximum Gasteiger partial charge on any atom is 0.345 e. The number of esters is 1. The molecule has 5 nitrogen and oxygen atoms in total. The van der Waals surface area contributed by atoms with E-state index < -0.39 is 8.11 Å². The molecule has 0 spiro atoms. The van der Waals surface area contributed by atoms with Crippen molar-refractivity contribution in [2.45, 2.75) is 29.5 Å². The first-order valence-electron chi connectivity index (χ1n) is 7.12. The van der Waals surface area contributed by atoms with E-state index in [-0.39, 0.29) is 6.61 Å². The highest BCUT2D eigenvalue weighted by Crippen LogP contribution is 2.40. The number of carbonyl (C=O) groups excluding carboxylic acids is 1. The average molecular weight is 519 g/mol. The third-order valence-electron chi connectivity index (χ3n) is 2.57. The Balaban J connectivity index is 3.05. The second-order valence-electron chi connectivity index (χ2n) is 4.29. The predicted octanol–water partition coefficient (Wildman–Crippen LogP) is 4.76. The molecule has 0 heterocycles. The molecular formula is C15H19Br3O5. The topological polar surface area (TPSA) is 54.0 Å². The van der Waals surface area contributed by atoms with Gasteiger partial charge < -0.3 is 18.9 Å². The molecule has 0 fully saturated rings. The highest BCUT2D eigenvalue weighted by molar-refractivity contribution is 9.40. The number of carbonyl (C=O) groups is 1. The minimum Gasteiger partial charge on any atom is -0.490 e. The zero-order chi connectivity index (χ0) is 17.5. The maximum atomic E-state index is 11.8. The fourth-order valence-corrected chi connectivity index (χ4v) is 2.10. The van der Waals surface area contributed by atoms with E-state index in [9.17, 15) is 4.79 Å². The first-order valence-corrected chi connectivity index (χ1v) is 9.50. The monoisotopic (exact) mass is 516 g/mol. The normalized spacial score (nSPS) is 11.0. The molecule has 0 amide bonds. The summed E-state index contributed by atoms with van der Waals surface area (Å²) in [6, 6.07) is 3.56. The van der Waals surface area contributed by atoms with Crippen molar-refractivity contribution in [2.24, 2.45) is 0 Å². The van der Waals surface area contributed by atoms with Crippen LogP contribution in [0.1, 0.15) is 26.3 Å². The fourth-order valence-electron chi connectivity index (χ4n) is 1.76. The van der Waals surface area contributed by atoms with E-state index in [0.717, 1.165) is 5.56 Å². The zero-order valence-corrected chi connectivity index (χ0v) is 17.9. The van der Waals surface area contributed by atoms with E-state index in [2.05, 4.69) is 47.8 Å². The summed E-state index contributed by atoms with van der Waals surface area (Å²) < 4.78 is 21.0. The van der Waals surface area contributed by atoms with E-state index in [1.54, 1.807) is 12.1 Å². The van der Waals surface area contributed by atoms with Gasteiger partial charge in [-0.1, -0.05) is 0 Å². The molecule has 0 aliphatic carbocycles. The Hall–Kier alpha value is -0.470. The molecule has 0 N–H and O–H groups in total. The van der Waals surface area contributed by atoms with Gasteiger partial charge in [-0.25, -0.2) is 4.79 Å². The first-order chi connectivity index (χ1) is 10.8. The molecule has 1 aromatic carbocycles. The van der Waals surface area contributed by atoms with Crippen molar-refractivity contribution >= 4 is 53.8 Å². The molecule has 23 heavy (non-hydrogen) atoms. The summed E-state index contributed by atoms with van der Waals surface area (Å²) in [6.07, 6.45) is 0. The number of ether oxygens (including phenoxy) is 4. The van der Waals surface area contributed by atoms with E-state index in [4.69, 9.17) is 18.9 Å². The summed E-state index contributed by atoms with van der Waals surface area (Å²) in [7, 11) is 0. The highest BCUT2D eigenvalue weighted by atomic mass is 80.0. The quantitative estimate of drug-likeness (QED) is 0.367. The van der Waals surface area contributed by atoms with Gasteiger partial charge in [-0.05, 0) is 86.3 Å². The van der Waals surface area contributed by atoms with Crippen LogP contribution in [0.15, 0.2) is 12.1 Å². The third-order valence-corrected chi connectivity index (χ3v) is 3.54. The van der Waals surface area contributed by atoms with Crippen LogP contribution in [0.2, 0.25) is 0 Å². The van der Waals surface area contributed by atoms with Gasteiger partial charge in [-0.3, -0.25) is 0 Å². The van der Waals surface area contributed by atoms with Crippen LogP contribution in [-0.4, -0.2) is 27.9 Å². The van der Waals surface area contributed by atoms with E-state index >= 15 is 0 Å². The minimum absolute atomic E-state index is 0.0793. The molecule has 1 rings (SSSR count). The molecule has 0 bridgehead atoms. The lowest BCUT2D eigenvalue weighted by atomic mass is 10.2. The number of hydrogen-bond acceptors (Lipinski definition) is 5. The van der Waals surface area contributed by atoms with Crippen LogP contribution < -0.4 is 14.2 Å². The average Bonchev–Trinajstić information content (AvgIpc) is 2.47. The van der Waals surface area contributed by atoms with Crippen molar-refractivity contribution < 1.29 is 23.7 Å². The molecule has 0 saturated carbocycles. The van der Waals surface area contributed by atoms with Crippen molar-refractivity contribution in [3.05, 3.63) is 17.7 Å². The Bertz CT molecular complexity index is 501. The molecule has 0 aliphatic rings. The SMILES string of the molecule is CCOc1cc(COC(=O)C(Br)(Br)Br)cc(OCC)c1OCC. The Labute approximate surface area is 161 Å². The minimum atomic E-state index is -1.09. The summed E-state index contributed by atoms with van der Waals surface area (Å²) in [5.41, 5.74) is 0.741. The zero-order valence-electron chi connectivity index (χ0n) is 13.2. The van der Waals surface area contributed by atoms with Crippen LogP contribution in [0.3, 0.4) is 0 Å². The Morgan fingerprint density at radius 1 is 0.957 bits per heavy atom. The van der Waals surface area contributed by atoms with Gasteiger partial charge in [0, 0.05) is 0 Å². The lowest BCUT2D eigenvalue weighted by Gasteiger charge is -2.18. The number of alkyl halides is 3. The van der Waals surface area contributed by atoms with E-state index in [1.807, 2.05) is 20.8 Å². The van der Waals surface area contributed by atoms with Crippen LogP contribution in [0.4, 0.5) is 0 Å². The lowest BCUT2D eigenvalue weighted by molar-refractivity contribution is -0.142. The summed E-state index contributed by atoms with van der Waals surface area (Å²) >= 11 is 9.35. The largest absolute Gasteiger partial charge is 0.490 e. The number of halogens is 3. The first kappa shape index (κ1) is 20.6. The molecule has 1 aromatic rings. The van der Waals surface area contributed by atoms with Crippen LogP contribution in [0.5, 0.6) is 17.2 Å². The summed E-state index contributed by atoms with van der Waals surface area (Å²) in [6.45, 7) is 7.21. The molecule has 0 radical (unpaired) electrons. The van der Waals surface area contributed by atoms with Crippen molar-refractivity contribution in [1.29, 1.82) is 0 Å². The third kappa shape index (κ3) is 6.51. The summed E-state index contributed by atoms with van der Waals surface area (Å²) in [5.74, 6) is 1.19. The molecule has 0 saturated heterocycles. The molecular weight excluding hydrogens is 500 g/mol. The van der Waals surface area contributed by atoms with Gasteiger partial charge in [0.25, 0.3) is 0 Å². The smallest absolute Gasteiger partial charge is 0.345 e. The number of hydrogen-bond donors (Lipinski definition) is 0. The van der Waals surface area contributed by atoms with Gasteiger partial charge >= 0.3 is 5.97 Å². The molecule has 0 unspecified atom stereocenters. The van der Waals surface area contributed by atoms with Crippen molar-refractivity contribution in [1.82, 2.24) is 0 Å².